The minimum atomic E-state index is -0.603. The van der Waals surface area contributed by atoms with Crippen LogP contribution in [-0.2, 0) is 0 Å². The van der Waals surface area contributed by atoms with Gasteiger partial charge in [-0.05, 0) is 5.56 Å². The van der Waals surface area contributed by atoms with E-state index in [1.807, 2.05) is 0 Å². The van der Waals surface area contributed by atoms with Gasteiger partial charge in [0.2, 0.25) is 5.15 Å². The Morgan fingerprint density at radius 1 is 1.79 bits per heavy atom. The predicted molar refractivity (Wildman–Crippen MR) is 53.0 cm³/mol. The quantitative estimate of drug-likeness (QED) is 0.359. The van der Waals surface area contributed by atoms with Crippen LogP contribution in [0.1, 0.15) is 11.6 Å². The van der Waals surface area contributed by atoms with Crippen molar-refractivity contribution in [2.24, 2.45) is 5.73 Å². The van der Waals surface area contributed by atoms with Crippen LogP contribution in [0.25, 0.3) is 0 Å². The fourth-order valence-corrected chi connectivity index (χ4v) is 1.07. The molecular formula is C8H8ClN3O2. The maximum Gasteiger partial charge on any atom is 0.306 e. The molecule has 0 aliphatic carbocycles. The summed E-state index contributed by atoms with van der Waals surface area (Å²) in [6, 6.07) is 0.820. The van der Waals surface area contributed by atoms with E-state index < -0.39 is 11.0 Å². The van der Waals surface area contributed by atoms with Crippen LogP contribution < -0.4 is 5.73 Å². The van der Waals surface area contributed by atoms with Crippen LogP contribution in [0.4, 0.5) is 5.69 Å². The molecule has 1 aromatic heterocycles. The summed E-state index contributed by atoms with van der Waals surface area (Å²) in [4.78, 5) is 13.6. The molecule has 1 atom stereocenters. The zero-order chi connectivity index (χ0) is 10.7. The van der Waals surface area contributed by atoms with Crippen molar-refractivity contribution in [3.63, 3.8) is 0 Å². The molecule has 2 N–H and O–H groups in total. The molecule has 0 fully saturated rings. The average molecular weight is 214 g/mol. The molecule has 74 valence electrons. The second-order valence-electron chi connectivity index (χ2n) is 2.60. The van der Waals surface area contributed by atoms with E-state index >= 15 is 0 Å². The summed E-state index contributed by atoms with van der Waals surface area (Å²) < 4.78 is 0. The van der Waals surface area contributed by atoms with Gasteiger partial charge in [0.15, 0.2) is 0 Å². The number of nitrogens with two attached hydrogens (primary N) is 1. The fraction of sp³-hybridized carbons (Fsp3) is 0.125. The van der Waals surface area contributed by atoms with Gasteiger partial charge in [0.05, 0.1) is 4.92 Å². The van der Waals surface area contributed by atoms with Gasteiger partial charge in [-0.2, -0.15) is 0 Å². The highest BCUT2D eigenvalue weighted by atomic mass is 35.5. The molecule has 0 radical (unpaired) electrons. The van der Waals surface area contributed by atoms with E-state index in [-0.39, 0.29) is 10.8 Å². The third-order valence-electron chi connectivity index (χ3n) is 1.68. The minimum absolute atomic E-state index is 0.144. The molecule has 6 heteroatoms. The number of halogens is 1. The normalized spacial score (nSPS) is 12.1. The summed E-state index contributed by atoms with van der Waals surface area (Å²) in [5.41, 5.74) is 5.85. The van der Waals surface area contributed by atoms with Crippen LogP contribution in [0.2, 0.25) is 5.15 Å². The highest BCUT2D eigenvalue weighted by Crippen LogP contribution is 2.24. The van der Waals surface area contributed by atoms with E-state index in [0.717, 1.165) is 0 Å². The standard InChI is InChI=1S/C8H8ClN3O2/c1-2-6(10)5-3-7(12(13)14)8(9)11-4-5/h2-4,6H,1,10H2. The number of hydrogen-bond acceptors (Lipinski definition) is 4. The van der Waals surface area contributed by atoms with Crippen molar-refractivity contribution in [2.75, 3.05) is 0 Å². The lowest BCUT2D eigenvalue weighted by molar-refractivity contribution is -0.385. The molecule has 0 aliphatic heterocycles. The highest BCUT2D eigenvalue weighted by molar-refractivity contribution is 6.31. The maximum atomic E-state index is 10.5. The summed E-state index contributed by atoms with van der Waals surface area (Å²) >= 11 is 5.52. The summed E-state index contributed by atoms with van der Waals surface area (Å²) in [7, 11) is 0. The summed E-state index contributed by atoms with van der Waals surface area (Å²) in [6.07, 6.45) is 2.86. The van der Waals surface area contributed by atoms with Gasteiger partial charge in [0, 0.05) is 18.3 Å². The Kier molecular flexibility index (Phi) is 3.16. The van der Waals surface area contributed by atoms with Crippen molar-refractivity contribution >= 4 is 17.3 Å². The van der Waals surface area contributed by atoms with Gasteiger partial charge in [0.25, 0.3) is 0 Å². The molecular weight excluding hydrogens is 206 g/mol. The van der Waals surface area contributed by atoms with Gasteiger partial charge in [-0.15, -0.1) is 6.58 Å². The molecule has 0 spiro atoms. The maximum absolute atomic E-state index is 10.5. The summed E-state index contributed by atoms with van der Waals surface area (Å²) in [5.74, 6) is 0. The third-order valence-corrected chi connectivity index (χ3v) is 1.97. The predicted octanol–water partition coefficient (Wildman–Crippen LogP) is 1.83. The second kappa shape index (κ2) is 4.17. The molecule has 0 aliphatic rings. The Labute approximate surface area is 85.4 Å². The van der Waals surface area contributed by atoms with Gasteiger partial charge in [-0.3, -0.25) is 10.1 Å². The molecule has 0 saturated heterocycles. The monoisotopic (exact) mass is 213 g/mol. The first-order chi connectivity index (χ1) is 6.56. The smallest absolute Gasteiger partial charge is 0.306 e. The number of aromatic nitrogens is 1. The Balaban J connectivity index is 3.19. The first kappa shape index (κ1) is 10.6. The number of hydrogen-bond donors (Lipinski definition) is 1. The van der Waals surface area contributed by atoms with Crippen molar-refractivity contribution in [1.29, 1.82) is 0 Å². The van der Waals surface area contributed by atoms with Crippen molar-refractivity contribution < 1.29 is 4.92 Å². The van der Waals surface area contributed by atoms with Crippen LogP contribution in [0, 0.1) is 10.1 Å². The van der Waals surface area contributed by atoms with Crippen molar-refractivity contribution in [3.8, 4) is 0 Å². The molecule has 1 heterocycles. The third kappa shape index (κ3) is 2.07. The highest BCUT2D eigenvalue weighted by Gasteiger charge is 2.15. The summed E-state index contributed by atoms with van der Waals surface area (Å²) in [6.45, 7) is 3.48. The zero-order valence-corrected chi connectivity index (χ0v) is 7.94. The Morgan fingerprint density at radius 3 is 2.93 bits per heavy atom. The van der Waals surface area contributed by atoms with Gasteiger partial charge >= 0.3 is 5.69 Å². The largest absolute Gasteiger partial charge is 0.321 e. The molecule has 1 rings (SSSR count). The number of nitro groups is 1. The molecule has 14 heavy (non-hydrogen) atoms. The van der Waals surface area contributed by atoms with Gasteiger partial charge < -0.3 is 5.73 Å². The Morgan fingerprint density at radius 2 is 2.43 bits per heavy atom. The van der Waals surface area contributed by atoms with Crippen LogP contribution in [0.15, 0.2) is 24.9 Å². The molecule has 0 bridgehead atoms. The number of rotatable bonds is 3. The van der Waals surface area contributed by atoms with E-state index in [0.29, 0.717) is 5.56 Å². The molecule has 0 saturated carbocycles. The fourth-order valence-electron chi connectivity index (χ4n) is 0.898. The number of pyridine rings is 1. The SMILES string of the molecule is C=CC(N)c1cnc(Cl)c([N+](=O)[O-])c1. The molecule has 5 nitrogen and oxygen atoms in total. The van der Waals surface area contributed by atoms with E-state index in [4.69, 9.17) is 17.3 Å². The van der Waals surface area contributed by atoms with Crippen LogP contribution in [0.5, 0.6) is 0 Å². The molecule has 0 amide bonds. The van der Waals surface area contributed by atoms with Crippen LogP contribution >= 0.6 is 11.6 Å². The minimum Gasteiger partial charge on any atom is -0.321 e. The molecule has 1 unspecified atom stereocenters. The van der Waals surface area contributed by atoms with E-state index in [1.54, 1.807) is 0 Å². The lowest BCUT2D eigenvalue weighted by atomic mass is 10.1. The second-order valence-corrected chi connectivity index (χ2v) is 2.96. The molecule has 1 aromatic rings. The van der Waals surface area contributed by atoms with Gasteiger partial charge in [0.1, 0.15) is 0 Å². The lowest BCUT2D eigenvalue weighted by Gasteiger charge is -2.05. The van der Waals surface area contributed by atoms with Crippen molar-refractivity contribution in [1.82, 2.24) is 4.98 Å². The van der Waals surface area contributed by atoms with E-state index in [2.05, 4.69) is 11.6 Å². The first-order valence-electron chi connectivity index (χ1n) is 3.74. The van der Waals surface area contributed by atoms with Crippen LogP contribution in [-0.4, -0.2) is 9.91 Å². The number of nitrogens with zero attached hydrogens (tertiary/aromatic N) is 2. The van der Waals surface area contributed by atoms with E-state index in [1.165, 1.54) is 18.3 Å². The Bertz CT molecular complexity index is 381. The Hall–Kier alpha value is -1.46. The van der Waals surface area contributed by atoms with E-state index in [9.17, 15) is 10.1 Å². The topological polar surface area (TPSA) is 82.0 Å². The van der Waals surface area contributed by atoms with Gasteiger partial charge in [-0.25, -0.2) is 4.98 Å². The molecule has 0 aromatic carbocycles. The zero-order valence-electron chi connectivity index (χ0n) is 7.18. The first-order valence-corrected chi connectivity index (χ1v) is 4.12. The summed E-state index contributed by atoms with van der Waals surface area (Å²) in [5, 5.41) is 10.4. The van der Waals surface area contributed by atoms with Crippen molar-refractivity contribution in [2.45, 2.75) is 6.04 Å². The van der Waals surface area contributed by atoms with Gasteiger partial charge in [-0.1, -0.05) is 17.7 Å². The lowest BCUT2D eigenvalue weighted by Crippen LogP contribution is -2.07. The van der Waals surface area contributed by atoms with Crippen LogP contribution in [0.3, 0.4) is 0 Å². The average Bonchev–Trinajstić information content (AvgIpc) is 2.17. The van der Waals surface area contributed by atoms with Crippen molar-refractivity contribution in [3.05, 3.63) is 45.7 Å².